The van der Waals surface area contributed by atoms with Gasteiger partial charge in [-0.2, -0.15) is 0 Å². The van der Waals surface area contributed by atoms with Crippen LogP contribution in [0.25, 0.3) is 0 Å². The van der Waals surface area contributed by atoms with Gasteiger partial charge in [-0.15, -0.1) is 0 Å². The summed E-state index contributed by atoms with van der Waals surface area (Å²) in [7, 11) is 0. The van der Waals surface area contributed by atoms with Gasteiger partial charge in [0.25, 0.3) is 0 Å². The lowest BCUT2D eigenvalue weighted by atomic mass is 9.84. The quantitative estimate of drug-likeness (QED) is 0.726. The second kappa shape index (κ2) is 7.46. The van der Waals surface area contributed by atoms with Gasteiger partial charge in [-0.05, 0) is 52.1 Å². The zero-order valence-corrected chi connectivity index (χ0v) is 12.7. The molecule has 3 atom stereocenters. The highest BCUT2D eigenvalue weighted by Crippen LogP contribution is 2.27. The molecule has 1 rings (SSSR count). The fourth-order valence-electron chi connectivity index (χ4n) is 3.21. The van der Waals surface area contributed by atoms with Gasteiger partial charge in [0.2, 0.25) is 0 Å². The Morgan fingerprint density at radius 2 is 2.00 bits per heavy atom. The summed E-state index contributed by atoms with van der Waals surface area (Å²) in [4.78, 5) is 2.51. The number of ether oxygens (including phenoxy) is 1. The predicted molar refractivity (Wildman–Crippen MR) is 77.8 cm³/mol. The second-order valence-corrected chi connectivity index (χ2v) is 5.70. The summed E-state index contributed by atoms with van der Waals surface area (Å²) in [6.45, 7) is 12.1. The van der Waals surface area contributed by atoms with Crippen molar-refractivity contribution in [3.8, 4) is 0 Å². The molecule has 0 bridgehead atoms. The van der Waals surface area contributed by atoms with Gasteiger partial charge in [0.05, 0.1) is 6.10 Å². The fourth-order valence-corrected chi connectivity index (χ4v) is 3.21. The summed E-state index contributed by atoms with van der Waals surface area (Å²) in [5.41, 5.74) is 6.62. The van der Waals surface area contributed by atoms with E-state index in [0.717, 1.165) is 39.0 Å². The molecule has 0 aromatic heterocycles. The minimum absolute atomic E-state index is 0.127. The molecular formula is C15H32N2O. The van der Waals surface area contributed by atoms with Crippen LogP contribution in [-0.2, 0) is 4.74 Å². The van der Waals surface area contributed by atoms with Gasteiger partial charge in [0.15, 0.2) is 0 Å². The van der Waals surface area contributed by atoms with Crippen LogP contribution in [0.4, 0.5) is 0 Å². The Morgan fingerprint density at radius 3 is 2.44 bits per heavy atom. The summed E-state index contributed by atoms with van der Waals surface area (Å²) in [5.74, 6) is 0. The maximum atomic E-state index is 6.50. The maximum absolute atomic E-state index is 6.50. The Morgan fingerprint density at radius 1 is 1.33 bits per heavy atom. The summed E-state index contributed by atoms with van der Waals surface area (Å²) in [5, 5.41) is 0. The lowest BCUT2D eigenvalue weighted by molar-refractivity contribution is 0.0639. The first-order valence-electron chi connectivity index (χ1n) is 7.70. The molecule has 3 unspecified atom stereocenters. The third-order valence-electron chi connectivity index (χ3n) is 4.82. The van der Waals surface area contributed by atoms with Crippen LogP contribution >= 0.6 is 0 Å². The molecule has 18 heavy (non-hydrogen) atoms. The normalized spacial score (nSPS) is 25.3. The fraction of sp³-hybridized carbons (Fsp3) is 1.00. The summed E-state index contributed by atoms with van der Waals surface area (Å²) >= 11 is 0. The molecule has 0 amide bonds. The van der Waals surface area contributed by atoms with Crippen molar-refractivity contribution in [2.75, 3.05) is 19.7 Å². The Kier molecular flexibility index (Phi) is 6.61. The van der Waals surface area contributed by atoms with Crippen LogP contribution in [-0.4, -0.2) is 42.3 Å². The van der Waals surface area contributed by atoms with Gasteiger partial charge >= 0.3 is 0 Å². The van der Waals surface area contributed by atoms with Crippen LogP contribution in [0.15, 0.2) is 0 Å². The number of likely N-dealkylation sites (N-methyl/N-ethyl adjacent to an activating group) is 1. The molecule has 108 valence electrons. The zero-order valence-electron chi connectivity index (χ0n) is 12.7. The van der Waals surface area contributed by atoms with E-state index in [4.69, 9.17) is 10.5 Å². The molecule has 1 aliphatic rings. The Labute approximate surface area is 113 Å². The Balaban J connectivity index is 2.51. The van der Waals surface area contributed by atoms with Gasteiger partial charge in [-0.25, -0.2) is 0 Å². The van der Waals surface area contributed by atoms with Crippen molar-refractivity contribution >= 4 is 0 Å². The smallest absolute Gasteiger partial charge is 0.0576 e. The van der Waals surface area contributed by atoms with Crippen LogP contribution in [0.2, 0.25) is 0 Å². The van der Waals surface area contributed by atoms with Crippen LogP contribution < -0.4 is 5.73 Å². The van der Waals surface area contributed by atoms with E-state index in [1.807, 2.05) is 0 Å². The van der Waals surface area contributed by atoms with E-state index >= 15 is 0 Å². The number of nitrogens with zero attached hydrogens (tertiary/aromatic N) is 1. The van der Waals surface area contributed by atoms with E-state index in [1.165, 1.54) is 12.8 Å². The van der Waals surface area contributed by atoms with E-state index in [2.05, 4.69) is 32.6 Å². The van der Waals surface area contributed by atoms with Crippen molar-refractivity contribution in [2.24, 2.45) is 5.73 Å². The highest BCUT2D eigenvalue weighted by atomic mass is 16.5. The molecule has 0 aromatic carbocycles. The molecule has 3 nitrogen and oxygen atoms in total. The lowest BCUT2D eigenvalue weighted by Gasteiger charge is -2.44. The molecule has 1 heterocycles. The molecule has 1 aliphatic heterocycles. The molecule has 0 spiro atoms. The molecule has 0 aliphatic carbocycles. The number of rotatable bonds is 8. The number of hydrogen-bond acceptors (Lipinski definition) is 3. The molecule has 0 saturated carbocycles. The molecule has 1 fully saturated rings. The van der Waals surface area contributed by atoms with Crippen LogP contribution in [0.5, 0.6) is 0 Å². The molecule has 0 radical (unpaired) electrons. The molecule has 3 heteroatoms. The van der Waals surface area contributed by atoms with Gasteiger partial charge in [0, 0.05) is 18.2 Å². The van der Waals surface area contributed by atoms with E-state index in [9.17, 15) is 0 Å². The standard InChI is InChI=1S/C15H32N2O/c1-5-15(4,17(6-2)7-3)14(16)11-10-13-9-8-12-18-13/h13-14H,5-12,16H2,1-4H3. The topological polar surface area (TPSA) is 38.5 Å². The van der Waals surface area contributed by atoms with Gasteiger partial charge < -0.3 is 10.5 Å². The monoisotopic (exact) mass is 256 g/mol. The lowest BCUT2D eigenvalue weighted by Crippen LogP contribution is -2.57. The second-order valence-electron chi connectivity index (χ2n) is 5.70. The van der Waals surface area contributed by atoms with Gasteiger partial charge in [-0.3, -0.25) is 4.90 Å². The van der Waals surface area contributed by atoms with E-state index in [0.29, 0.717) is 6.10 Å². The van der Waals surface area contributed by atoms with Crippen LogP contribution in [0.3, 0.4) is 0 Å². The molecular weight excluding hydrogens is 224 g/mol. The van der Waals surface area contributed by atoms with Crippen molar-refractivity contribution < 1.29 is 4.74 Å². The molecule has 0 aromatic rings. The third kappa shape index (κ3) is 3.69. The summed E-state index contributed by atoms with van der Waals surface area (Å²) in [6.07, 6.45) is 6.22. The average molecular weight is 256 g/mol. The van der Waals surface area contributed by atoms with Gasteiger partial charge in [0.1, 0.15) is 0 Å². The van der Waals surface area contributed by atoms with Gasteiger partial charge in [-0.1, -0.05) is 20.8 Å². The number of nitrogens with two attached hydrogens (primary N) is 1. The molecule has 1 saturated heterocycles. The van der Waals surface area contributed by atoms with E-state index < -0.39 is 0 Å². The van der Waals surface area contributed by atoms with Crippen LogP contribution in [0.1, 0.15) is 59.8 Å². The summed E-state index contributed by atoms with van der Waals surface area (Å²) in [6, 6.07) is 0.242. The largest absolute Gasteiger partial charge is 0.378 e. The van der Waals surface area contributed by atoms with E-state index in [-0.39, 0.29) is 11.6 Å². The minimum atomic E-state index is 0.127. The van der Waals surface area contributed by atoms with Crippen molar-refractivity contribution in [2.45, 2.75) is 77.5 Å². The minimum Gasteiger partial charge on any atom is -0.378 e. The average Bonchev–Trinajstić information content (AvgIpc) is 2.90. The maximum Gasteiger partial charge on any atom is 0.0576 e. The Bertz CT molecular complexity index is 225. The van der Waals surface area contributed by atoms with Crippen molar-refractivity contribution in [1.29, 1.82) is 0 Å². The Hall–Kier alpha value is -0.120. The highest BCUT2D eigenvalue weighted by molar-refractivity contribution is 4.94. The van der Waals surface area contributed by atoms with Crippen molar-refractivity contribution in [3.05, 3.63) is 0 Å². The first kappa shape index (κ1) is 15.9. The SMILES string of the molecule is CCN(CC)C(C)(CC)C(N)CCC1CCCO1. The van der Waals surface area contributed by atoms with Crippen molar-refractivity contribution in [1.82, 2.24) is 4.90 Å². The third-order valence-corrected chi connectivity index (χ3v) is 4.82. The highest BCUT2D eigenvalue weighted by Gasteiger charge is 2.34. The molecule has 2 N–H and O–H groups in total. The van der Waals surface area contributed by atoms with Crippen molar-refractivity contribution in [3.63, 3.8) is 0 Å². The van der Waals surface area contributed by atoms with E-state index in [1.54, 1.807) is 0 Å². The zero-order chi connectivity index (χ0) is 13.6. The first-order valence-corrected chi connectivity index (χ1v) is 7.70. The van der Waals surface area contributed by atoms with Crippen LogP contribution in [0, 0.1) is 0 Å². The predicted octanol–water partition coefficient (Wildman–Crippen LogP) is 2.78. The summed E-state index contributed by atoms with van der Waals surface area (Å²) < 4.78 is 5.69. The first-order chi connectivity index (χ1) is 8.58. The number of hydrogen-bond donors (Lipinski definition) is 1.